The number of nitriles is 2. The normalized spacial score (nSPS) is 9.92. The van der Waals surface area contributed by atoms with Gasteiger partial charge < -0.3 is 11.1 Å². The smallest absolute Gasteiger partial charge is 0.230 e. The average Bonchev–Trinajstić information content (AvgIpc) is 2.59. The van der Waals surface area contributed by atoms with Crippen LogP contribution in [0.1, 0.15) is 22.3 Å². The van der Waals surface area contributed by atoms with Crippen molar-refractivity contribution in [1.82, 2.24) is 10.3 Å². The highest BCUT2D eigenvalue weighted by atomic mass is 32.2. The fraction of sp³-hybridized carbons (Fsp3) is 0.176. The first kappa shape index (κ1) is 18.2. The van der Waals surface area contributed by atoms with Crippen molar-refractivity contribution in [2.45, 2.75) is 18.5 Å². The van der Waals surface area contributed by atoms with Gasteiger partial charge in [-0.2, -0.15) is 10.5 Å². The summed E-state index contributed by atoms with van der Waals surface area (Å²) in [5.74, 6) is -0.531. The van der Waals surface area contributed by atoms with Crippen LogP contribution in [0.4, 0.5) is 10.2 Å². The lowest BCUT2D eigenvalue weighted by molar-refractivity contribution is -0.118. The van der Waals surface area contributed by atoms with E-state index in [1.165, 1.54) is 12.1 Å². The molecule has 1 amide bonds. The van der Waals surface area contributed by atoms with Crippen molar-refractivity contribution >= 4 is 23.5 Å². The summed E-state index contributed by atoms with van der Waals surface area (Å²) >= 11 is 1.07. The van der Waals surface area contributed by atoms with Gasteiger partial charge in [-0.1, -0.05) is 23.9 Å². The first-order valence-corrected chi connectivity index (χ1v) is 8.19. The van der Waals surface area contributed by atoms with Crippen LogP contribution in [0.2, 0.25) is 0 Å². The van der Waals surface area contributed by atoms with Gasteiger partial charge in [0.2, 0.25) is 5.91 Å². The highest BCUT2D eigenvalue weighted by Crippen LogP contribution is 2.27. The molecule has 0 saturated carbocycles. The minimum absolute atomic E-state index is 0.0354. The van der Waals surface area contributed by atoms with Crippen LogP contribution >= 0.6 is 11.8 Å². The van der Waals surface area contributed by atoms with E-state index in [4.69, 9.17) is 11.0 Å². The molecule has 0 aliphatic carbocycles. The second-order valence-corrected chi connectivity index (χ2v) is 6.06. The molecule has 0 radical (unpaired) electrons. The van der Waals surface area contributed by atoms with Crippen molar-refractivity contribution in [3.05, 3.63) is 52.3 Å². The molecular weight excluding hydrogens is 341 g/mol. The number of amides is 1. The highest BCUT2D eigenvalue weighted by molar-refractivity contribution is 8.00. The third-order valence-electron chi connectivity index (χ3n) is 3.41. The fourth-order valence-corrected chi connectivity index (χ4v) is 2.94. The Hall–Kier alpha value is -3.10. The number of benzene rings is 1. The molecule has 0 atom stereocenters. The number of carbonyl (C=O) groups excluding carboxylic acids is 1. The summed E-state index contributed by atoms with van der Waals surface area (Å²) in [6.45, 7) is 1.89. The van der Waals surface area contributed by atoms with Crippen LogP contribution < -0.4 is 11.1 Å². The van der Waals surface area contributed by atoms with Crippen molar-refractivity contribution < 1.29 is 9.18 Å². The molecule has 0 aliphatic rings. The molecule has 1 aromatic carbocycles. The van der Waals surface area contributed by atoms with Crippen LogP contribution in [-0.2, 0) is 11.3 Å². The first-order valence-electron chi connectivity index (χ1n) is 7.20. The molecule has 1 aromatic heterocycles. The number of nitrogens with two attached hydrogens (primary N) is 1. The van der Waals surface area contributed by atoms with Crippen molar-refractivity contribution in [2.75, 3.05) is 11.5 Å². The van der Waals surface area contributed by atoms with Gasteiger partial charge >= 0.3 is 0 Å². The third-order valence-corrected chi connectivity index (χ3v) is 4.38. The predicted molar refractivity (Wildman–Crippen MR) is 91.8 cm³/mol. The third kappa shape index (κ3) is 4.46. The molecule has 0 spiro atoms. The van der Waals surface area contributed by atoms with Gasteiger partial charge in [0.05, 0.1) is 16.9 Å². The van der Waals surface area contributed by atoms with E-state index in [0.717, 1.165) is 17.3 Å². The summed E-state index contributed by atoms with van der Waals surface area (Å²) in [5.41, 5.74) is 7.35. The summed E-state index contributed by atoms with van der Waals surface area (Å²) < 4.78 is 12.8. The van der Waals surface area contributed by atoms with E-state index in [0.29, 0.717) is 10.6 Å². The Morgan fingerprint density at radius 2 is 1.92 bits per heavy atom. The number of hydrogen-bond donors (Lipinski definition) is 2. The van der Waals surface area contributed by atoms with E-state index in [9.17, 15) is 14.4 Å². The van der Waals surface area contributed by atoms with E-state index in [1.54, 1.807) is 19.1 Å². The molecule has 3 N–H and O–H groups in total. The summed E-state index contributed by atoms with van der Waals surface area (Å²) in [7, 11) is 0. The van der Waals surface area contributed by atoms with Gasteiger partial charge in [-0.3, -0.25) is 4.79 Å². The van der Waals surface area contributed by atoms with Crippen LogP contribution in [0.3, 0.4) is 0 Å². The molecular formula is C17H14FN5OS. The van der Waals surface area contributed by atoms with Crippen LogP contribution in [0.15, 0.2) is 29.3 Å². The van der Waals surface area contributed by atoms with Gasteiger partial charge in [0.1, 0.15) is 28.8 Å². The Bertz CT molecular complexity index is 884. The zero-order chi connectivity index (χ0) is 18.4. The Morgan fingerprint density at radius 1 is 1.28 bits per heavy atom. The quantitative estimate of drug-likeness (QED) is 0.795. The van der Waals surface area contributed by atoms with Crippen LogP contribution in [-0.4, -0.2) is 16.6 Å². The number of anilines is 1. The second kappa shape index (κ2) is 8.13. The summed E-state index contributed by atoms with van der Waals surface area (Å²) in [4.78, 5) is 16.0. The molecule has 0 aliphatic heterocycles. The largest absolute Gasteiger partial charge is 0.383 e. The van der Waals surface area contributed by atoms with Crippen LogP contribution in [0.25, 0.3) is 0 Å². The van der Waals surface area contributed by atoms with Gasteiger partial charge in [0.15, 0.2) is 0 Å². The number of nitrogens with one attached hydrogen (secondary N) is 1. The molecule has 25 heavy (non-hydrogen) atoms. The number of pyridine rings is 1. The van der Waals surface area contributed by atoms with E-state index in [1.807, 2.05) is 12.1 Å². The number of carbonyl (C=O) groups is 1. The minimum atomic E-state index is -0.338. The molecule has 8 heteroatoms. The summed E-state index contributed by atoms with van der Waals surface area (Å²) in [6, 6.07) is 9.73. The number of halogens is 1. The number of nitrogens with zero attached hydrogens (tertiary/aromatic N) is 3. The lowest BCUT2D eigenvalue weighted by atomic mass is 10.1. The topological polar surface area (TPSA) is 116 Å². The van der Waals surface area contributed by atoms with Gasteiger partial charge in [0.25, 0.3) is 0 Å². The zero-order valence-electron chi connectivity index (χ0n) is 13.3. The number of nitrogen functional groups attached to an aromatic ring is 1. The summed E-state index contributed by atoms with van der Waals surface area (Å²) in [5, 5.41) is 21.3. The maximum Gasteiger partial charge on any atom is 0.230 e. The maximum atomic E-state index is 12.8. The molecule has 0 bridgehead atoms. The number of rotatable bonds is 5. The van der Waals surface area contributed by atoms with E-state index in [-0.39, 0.29) is 41.0 Å². The molecule has 0 saturated heterocycles. The molecule has 0 fully saturated rings. The van der Waals surface area contributed by atoms with E-state index < -0.39 is 0 Å². The minimum Gasteiger partial charge on any atom is -0.383 e. The van der Waals surface area contributed by atoms with Gasteiger partial charge in [-0.15, -0.1) is 0 Å². The van der Waals surface area contributed by atoms with Crippen LogP contribution in [0.5, 0.6) is 0 Å². The standard InChI is InChI=1S/C17H14FN5OS/c1-10-13(6-19)16(21)23-17(14(10)7-20)25-9-15(24)22-8-11-2-4-12(18)5-3-11/h2-5H,8-9H2,1H3,(H2,21,23)(H,22,24). The molecule has 2 aromatic rings. The Kier molecular flexibility index (Phi) is 5.93. The number of hydrogen-bond acceptors (Lipinski definition) is 6. The lowest BCUT2D eigenvalue weighted by Crippen LogP contribution is -2.24. The van der Waals surface area contributed by atoms with Crippen LogP contribution in [0, 0.1) is 35.4 Å². The maximum absolute atomic E-state index is 12.8. The van der Waals surface area contributed by atoms with Crippen molar-refractivity contribution in [1.29, 1.82) is 10.5 Å². The zero-order valence-corrected chi connectivity index (χ0v) is 14.2. The lowest BCUT2D eigenvalue weighted by Gasteiger charge is -2.09. The van der Waals surface area contributed by atoms with Gasteiger partial charge in [0, 0.05) is 6.54 Å². The molecule has 1 heterocycles. The molecule has 126 valence electrons. The Labute approximate surface area is 148 Å². The molecule has 0 unspecified atom stereocenters. The Morgan fingerprint density at radius 3 is 2.52 bits per heavy atom. The number of thioether (sulfide) groups is 1. The Balaban J connectivity index is 2.01. The molecule has 2 rings (SSSR count). The summed E-state index contributed by atoms with van der Waals surface area (Å²) in [6.07, 6.45) is 0. The second-order valence-electron chi connectivity index (χ2n) is 5.09. The molecule has 6 nitrogen and oxygen atoms in total. The fourth-order valence-electron chi connectivity index (χ4n) is 2.06. The number of aromatic nitrogens is 1. The van der Waals surface area contributed by atoms with E-state index >= 15 is 0 Å². The van der Waals surface area contributed by atoms with Gasteiger partial charge in [-0.25, -0.2) is 9.37 Å². The highest BCUT2D eigenvalue weighted by Gasteiger charge is 2.16. The SMILES string of the molecule is Cc1c(C#N)c(N)nc(SCC(=O)NCc2ccc(F)cc2)c1C#N. The monoisotopic (exact) mass is 355 g/mol. The van der Waals surface area contributed by atoms with Crippen molar-refractivity contribution in [2.24, 2.45) is 0 Å². The average molecular weight is 355 g/mol. The predicted octanol–water partition coefficient (Wildman–Crippen LogP) is 2.26. The van der Waals surface area contributed by atoms with E-state index in [2.05, 4.69) is 10.3 Å². The van der Waals surface area contributed by atoms with Crippen molar-refractivity contribution in [3.63, 3.8) is 0 Å². The van der Waals surface area contributed by atoms with Crippen molar-refractivity contribution in [3.8, 4) is 12.1 Å². The van der Waals surface area contributed by atoms with Gasteiger partial charge in [-0.05, 0) is 30.2 Å². The first-order chi connectivity index (χ1) is 12.0.